The van der Waals surface area contributed by atoms with E-state index in [0.29, 0.717) is 0 Å². The fraction of sp³-hybridized carbons (Fsp3) is 0.211. The van der Waals surface area contributed by atoms with Crippen LogP contribution in [0.5, 0.6) is 0 Å². The second kappa shape index (κ2) is 7.05. The Hall–Kier alpha value is -2.39. The number of aromatic nitrogens is 2. The Balaban J connectivity index is 1.56. The number of hydrogen-bond donors (Lipinski definition) is 1. The second-order valence-corrected chi connectivity index (χ2v) is 5.60. The van der Waals surface area contributed by atoms with E-state index in [4.69, 9.17) is 0 Å². The molecular weight excluding hydrogens is 270 g/mol. The third-order valence-corrected chi connectivity index (χ3v) is 3.74. The third kappa shape index (κ3) is 3.83. The molecule has 0 unspecified atom stereocenters. The molecule has 3 nitrogen and oxygen atoms in total. The van der Waals surface area contributed by atoms with E-state index in [-0.39, 0.29) is 0 Å². The van der Waals surface area contributed by atoms with Crippen molar-refractivity contribution in [3.05, 3.63) is 78.1 Å². The summed E-state index contributed by atoms with van der Waals surface area (Å²) in [5.74, 6) is 0.937. The summed E-state index contributed by atoms with van der Waals surface area (Å²) in [5, 5.41) is 0. The highest BCUT2D eigenvalue weighted by Gasteiger charge is 2.06. The van der Waals surface area contributed by atoms with Gasteiger partial charge in [-0.15, -0.1) is 0 Å². The minimum absolute atomic E-state index is 0.882. The van der Waals surface area contributed by atoms with Gasteiger partial charge in [0, 0.05) is 30.5 Å². The summed E-state index contributed by atoms with van der Waals surface area (Å²) >= 11 is 0. The summed E-state index contributed by atoms with van der Waals surface area (Å²) < 4.78 is 0. The van der Waals surface area contributed by atoms with Crippen LogP contribution in [0.1, 0.15) is 11.3 Å². The minimum atomic E-state index is 0.882. The third-order valence-electron chi connectivity index (χ3n) is 3.74. The van der Waals surface area contributed by atoms with E-state index in [1.54, 1.807) is 0 Å². The summed E-state index contributed by atoms with van der Waals surface area (Å²) in [6.07, 6.45) is 3.00. The summed E-state index contributed by atoms with van der Waals surface area (Å²) in [7, 11) is 2.14. The first kappa shape index (κ1) is 14.5. The van der Waals surface area contributed by atoms with Crippen molar-refractivity contribution in [2.75, 3.05) is 13.6 Å². The number of H-pyrrole nitrogens is 1. The molecule has 1 N–H and O–H groups in total. The lowest BCUT2D eigenvalue weighted by Gasteiger charge is -2.15. The van der Waals surface area contributed by atoms with Crippen molar-refractivity contribution in [1.82, 2.24) is 14.9 Å². The Morgan fingerprint density at radius 2 is 1.64 bits per heavy atom. The van der Waals surface area contributed by atoms with Gasteiger partial charge in [0.2, 0.25) is 0 Å². The highest BCUT2D eigenvalue weighted by molar-refractivity contribution is 5.54. The zero-order chi connectivity index (χ0) is 15.2. The quantitative estimate of drug-likeness (QED) is 0.750. The van der Waals surface area contributed by atoms with E-state index in [2.05, 4.69) is 64.4 Å². The van der Waals surface area contributed by atoms with Crippen molar-refractivity contribution in [2.24, 2.45) is 0 Å². The molecule has 0 saturated heterocycles. The molecule has 1 heterocycles. The number of hydrogen-bond acceptors (Lipinski definition) is 2. The molecule has 0 fully saturated rings. The van der Waals surface area contributed by atoms with E-state index in [1.165, 1.54) is 5.56 Å². The van der Waals surface area contributed by atoms with Gasteiger partial charge in [-0.05, 0) is 19.0 Å². The van der Waals surface area contributed by atoms with Crippen LogP contribution in [0.25, 0.3) is 11.4 Å². The van der Waals surface area contributed by atoms with E-state index in [1.807, 2.05) is 24.4 Å². The fourth-order valence-corrected chi connectivity index (χ4v) is 2.52. The first-order valence-corrected chi connectivity index (χ1v) is 7.63. The Kier molecular flexibility index (Phi) is 4.66. The Morgan fingerprint density at radius 1 is 0.955 bits per heavy atom. The standard InChI is InChI=1S/C19H21N3/c1-22(13-12-16-8-4-2-5-9-16)15-18-14-20-19(21-18)17-10-6-3-7-11-17/h2-11,14H,12-13,15H2,1H3,(H,20,21). The summed E-state index contributed by atoms with van der Waals surface area (Å²) in [6.45, 7) is 1.91. The van der Waals surface area contributed by atoms with Crippen LogP contribution >= 0.6 is 0 Å². The second-order valence-electron chi connectivity index (χ2n) is 5.60. The Bertz CT molecular complexity index is 689. The normalized spacial score (nSPS) is 11.0. The number of rotatable bonds is 6. The van der Waals surface area contributed by atoms with Crippen molar-refractivity contribution in [1.29, 1.82) is 0 Å². The highest BCUT2D eigenvalue weighted by atomic mass is 15.1. The smallest absolute Gasteiger partial charge is 0.137 e. The van der Waals surface area contributed by atoms with Crippen LogP contribution in [0.4, 0.5) is 0 Å². The van der Waals surface area contributed by atoms with Gasteiger partial charge in [-0.25, -0.2) is 4.98 Å². The Morgan fingerprint density at radius 3 is 2.36 bits per heavy atom. The number of nitrogens with zero attached hydrogens (tertiary/aromatic N) is 2. The van der Waals surface area contributed by atoms with Crippen molar-refractivity contribution in [2.45, 2.75) is 13.0 Å². The molecular formula is C19H21N3. The molecule has 3 rings (SSSR count). The summed E-state index contributed by atoms with van der Waals surface area (Å²) in [4.78, 5) is 10.2. The maximum absolute atomic E-state index is 4.48. The molecule has 3 heteroatoms. The summed E-state index contributed by atoms with van der Waals surface area (Å²) in [6, 6.07) is 20.8. The van der Waals surface area contributed by atoms with Crippen molar-refractivity contribution < 1.29 is 0 Å². The molecule has 0 saturated carbocycles. The average Bonchev–Trinajstić information content (AvgIpc) is 3.03. The average molecular weight is 291 g/mol. The van der Waals surface area contributed by atoms with E-state index < -0.39 is 0 Å². The molecule has 0 atom stereocenters. The predicted molar refractivity (Wildman–Crippen MR) is 90.5 cm³/mol. The highest BCUT2D eigenvalue weighted by Crippen LogP contribution is 2.15. The maximum Gasteiger partial charge on any atom is 0.137 e. The topological polar surface area (TPSA) is 31.9 Å². The van der Waals surface area contributed by atoms with Crippen LogP contribution in [0.15, 0.2) is 66.9 Å². The molecule has 1 aromatic heterocycles. The molecule has 112 valence electrons. The van der Waals surface area contributed by atoms with E-state index in [9.17, 15) is 0 Å². The molecule has 2 aromatic carbocycles. The molecule has 22 heavy (non-hydrogen) atoms. The van der Waals surface area contributed by atoms with E-state index in [0.717, 1.165) is 36.6 Å². The molecule has 0 aliphatic heterocycles. The van der Waals surface area contributed by atoms with Crippen LogP contribution in [-0.2, 0) is 13.0 Å². The van der Waals surface area contributed by atoms with Gasteiger partial charge in [0.25, 0.3) is 0 Å². The number of likely N-dealkylation sites (N-methyl/N-ethyl adjacent to an activating group) is 1. The lowest BCUT2D eigenvalue weighted by Crippen LogP contribution is -2.20. The van der Waals surface area contributed by atoms with Gasteiger partial charge in [-0.3, -0.25) is 0 Å². The van der Waals surface area contributed by atoms with Gasteiger partial charge < -0.3 is 9.88 Å². The lowest BCUT2D eigenvalue weighted by atomic mass is 10.1. The van der Waals surface area contributed by atoms with Gasteiger partial charge >= 0.3 is 0 Å². The number of nitrogens with one attached hydrogen (secondary N) is 1. The van der Waals surface area contributed by atoms with Gasteiger partial charge in [0.05, 0.1) is 0 Å². The Labute approximate surface area is 131 Å². The predicted octanol–water partition coefficient (Wildman–Crippen LogP) is 3.75. The minimum Gasteiger partial charge on any atom is -0.341 e. The molecule has 0 spiro atoms. The van der Waals surface area contributed by atoms with E-state index >= 15 is 0 Å². The monoisotopic (exact) mass is 291 g/mol. The number of imidazole rings is 1. The zero-order valence-electron chi connectivity index (χ0n) is 12.9. The number of aromatic amines is 1. The van der Waals surface area contributed by atoms with Crippen molar-refractivity contribution in [3.63, 3.8) is 0 Å². The fourth-order valence-electron chi connectivity index (χ4n) is 2.52. The molecule has 0 radical (unpaired) electrons. The first-order valence-electron chi connectivity index (χ1n) is 7.63. The zero-order valence-corrected chi connectivity index (χ0v) is 12.9. The van der Waals surface area contributed by atoms with Crippen LogP contribution in [0.2, 0.25) is 0 Å². The van der Waals surface area contributed by atoms with Crippen LogP contribution in [0.3, 0.4) is 0 Å². The van der Waals surface area contributed by atoms with Crippen LogP contribution < -0.4 is 0 Å². The van der Waals surface area contributed by atoms with Gasteiger partial charge in [-0.2, -0.15) is 0 Å². The lowest BCUT2D eigenvalue weighted by molar-refractivity contribution is 0.327. The van der Waals surface area contributed by atoms with Gasteiger partial charge in [0.15, 0.2) is 0 Å². The SMILES string of the molecule is CN(CCc1ccccc1)Cc1cnc(-c2ccccc2)[nH]1. The van der Waals surface area contributed by atoms with Crippen molar-refractivity contribution in [3.8, 4) is 11.4 Å². The maximum atomic E-state index is 4.48. The molecule has 0 aliphatic carbocycles. The van der Waals surface area contributed by atoms with Crippen molar-refractivity contribution >= 4 is 0 Å². The number of benzene rings is 2. The first-order chi connectivity index (χ1) is 10.8. The van der Waals surface area contributed by atoms with Gasteiger partial charge in [-0.1, -0.05) is 60.7 Å². The molecule has 0 aliphatic rings. The molecule has 0 amide bonds. The van der Waals surface area contributed by atoms with Crippen LogP contribution in [0, 0.1) is 0 Å². The van der Waals surface area contributed by atoms with Gasteiger partial charge in [0.1, 0.15) is 5.82 Å². The molecule has 3 aromatic rings. The van der Waals surface area contributed by atoms with Crippen LogP contribution in [-0.4, -0.2) is 28.5 Å². The largest absolute Gasteiger partial charge is 0.341 e. The summed E-state index contributed by atoms with van der Waals surface area (Å²) in [5.41, 5.74) is 3.65. The molecule has 0 bridgehead atoms.